The fourth-order valence-corrected chi connectivity index (χ4v) is 8.31. The minimum Gasteiger partial charge on any atom is -0.270 e. The molecule has 8 nitrogen and oxygen atoms in total. The van der Waals surface area contributed by atoms with Gasteiger partial charge >= 0.3 is 10.6 Å². The molecule has 0 unspecified atom stereocenters. The van der Waals surface area contributed by atoms with Crippen LogP contribution in [0.25, 0.3) is 33.4 Å². The Kier molecular flexibility index (Phi) is 11.5. The Bertz CT molecular complexity index is 2510. The third-order valence-electron chi connectivity index (χ3n) is 8.27. The number of aryl methyl sites for hydroxylation is 2. The maximum absolute atomic E-state index is 14.3. The molecule has 51 heavy (non-hydrogen) atoms. The van der Waals surface area contributed by atoms with Gasteiger partial charge in [-0.1, -0.05) is 121 Å². The van der Waals surface area contributed by atoms with Crippen LogP contribution in [0.15, 0.2) is 154 Å². The molecule has 0 aliphatic rings. The molecule has 0 aliphatic heterocycles. The molecule has 6 aromatic rings. The summed E-state index contributed by atoms with van der Waals surface area (Å²) >= 11 is 0. The lowest BCUT2D eigenvalue weighted by Crippen LogP contribution is -2.06. The molecule has 0 aliphatic carbocycles. The quantitative estimate of drug-likeness (QED) is 0.136. The summed E-state index contributed by atoms with van der Waals surface area (Å²) in [5, 5.41) is 0. The molecule has 0 radical (unpaired) electrons. The second kappa shape index (κ2) is 15.8. The van der Waals surface area contributed by atoms with Crippen molar-refractivity contribution in [2.45, 2.75) is 35.0 Å². The SMILES string of the molecule is COS(=O)(=O)c1cc(C)ccc1-c1ccc(-c2ccc(-c3ccc(C)cc3Cc3ccccc3)c(S(=O)(=O)c3ccccc3)c2)cc1.O=S(=O)=O. The summed E-state index contributed by atoms with van der Waals surface area (Å²) in [4.78, 5) is 0.532. The van der Waals surface area contributed by atoms with E-state index >= 15 is 0 Å². The maximum atomic E-state index is 14.3. The monoisotopic (exact) mass is 738 g/mol. The standard InChI is InChI=1S/C40H34O5S2.O3S/c1-28-14-21-36(34(24-28)26-30-10-6-4-7-11-30)38-23-20-33(27-39(38)46(41,42)35-12-8-5-9-13-35)31-16-18-32(19-17-31)37-22-15-29(2)25-40(37)47(43,44)45-3;1-4(2)3/h4-25,27H,26H2,1-3H3;. The summed E-state index contributed by atoms with van der Waals surface area (Å²) < 4.78 is 84.2. The Morgan fingerprint density at radius 3 is 1.65 bits per heavy atom. The summed E-state index contributed by atoms with van der Waals surface area (Å²) in [6.07, 6.45) is 0.658. The van der Waals surface area contributed by atoms with Crippen LogP contribution in [-0.4, -0.2) is 36.6 Å². The van der Waals surface area contributed by atoms with Crippen molar-refractivity contribution in [3.05, 3.63) is 162 Å². The zero-order chi connectivity index (χ0) is 36.8. The highest BCUT2D eigenvalue weighted by Gasteiger charge is 2.25. The van der Waals surface area contributed by atoms with Gasteiger partial charge in [0.05, 0.1) is 16.9 Å². The minimum absolute atomic E-state index is 0.0951. The molecule has 0 spiro atoms. The average molecular weight is 739 g/mol. The summed E-state index contributed by atoms with van der Waals surface area (Å²) in [6.45, 7) is 3.87. The van der Waals surface area contributed by atoms with Gasteiger partial charge in [0.2, 0.25) is 9.84 Å². The van der Waals surface area contributed by atoms with E-state index in [4.69, 9.17) is 16.8 Å². The zero-order valence-electron chi connectivity index (χ0n) is 28.0. The molecule has 260 valence electrons. The summed E-state index contributed by atoms with van der Waals surface area (Å²) in [5.41, 5.74) is 8.31. The van der Waals surface area contributed by atoms with Gasteiger partial charge in [0.25, 0.3) is 10.1 Å². The average Bonchev–Trinajstić information content (AvgIpc) is 3.12. The van der Waals surface area contributed by atoms with Gasteiger partial charge in [0, 0.05) is 11.1 Å². The molecule has 0 amide bonds. The van der Waals surface area contributed by atoms with Crippen LogP contribution in [0.3, 0.4) is 0 Å². The topological polar surface area (TPSA) is 129 Å². The third kappa shape index (κ3) is 8.76. The van der Waals surface area contributed by atoms with Crippen LogP contribution in [0.4, 0.5) is 0 Å². The van der Waals surface area contributed by atoms with Crippen molar-refractivity contribution >= 4 is 30.6 Å². The Morgan fingerprint density at radius 1 is 0.529 bits per heavy atom. The summed E-state index contributed by atoms with van der Waals surface area (Å²) in [7, 11) is -9.80. The number of hydrogen-bond acceptors (Lipinski definition) is 8. The first-order valence-electron chi connectivity index (χ1n) is 15.7. The van der Waals surface area contributed by atoms with Crippen LogP contribution < -0.4 is 0 Å². The number of benzene rings is 6. The van der Waals surface area contributed by atoms with E-state index in [0.717, 1.165) is 46.1 Å². The van der Waals surface area contributed by atoms with Crippen LogP contribution in [0.1, 0.15) is 22.3 Å². The Hall–Kier alpha value is -5.20. The van der Waals surface area contributed by atoms with E-state index < -0.39 is 30.6 Å². The normalized spacial score (nSPS) is 11.4. The molecule has 0 atom stereocenters. The minimum atomic E-state index is -3.93. The molecule has 0 bridgehead atoms. The van der Waals surface area contributed by atoms with E-state index in [2.05, 4.69) is 18.2 Å². The van der Waals surface area contributed by atoms with Gasteiger partial charge in [-0.3, -0.25) is 4.18 Å². The predicted molar refractivity (Wildman–Crippen MR) is 197 cm³/mol. The third-order valence-corrected chi connectivity index (χ3v) is 11.4. The second-order valence-corrected chi connectivity index (χ2v) is 15.8. The molecule has 0 saturated carbocycles. The predicted octanol–water partition coefficient (Wildman–Crippen LogP) is 8.06. The van der Waals surface area contributed by atoms with Crippen molar-refractivity contribution in [1.29, 1.82) is 0 Å². The van der Waals surface area contributed by atoms with Crippen LogP contribution >= 0.6 is 0 Å². The smallest absolute Gasteiger partial charge is 0.270 e. The first-order chi connectivity index (χ1) is 24.3. The zero-order valence-corrected chi connectivity index (χ0v) is 30.4. The van der Waals surface area contributed by atoms with Gasteiger partial charge in [0.15, 0.2) is 0 Å². The van der Waals surface area contributed by atoms with Crippen LogP contribution in [0.2, 0.25) is 0 Å². The molecule has 6 aromatic carbocycles. The molecule has 0 saturated heterocycles. The van der Waals surface area contributed by atoms with Gasteiger partial charge in [-0.15, -0.1) is 12.6 Å². The second-order valence-electron chi connectivity index (χ2n) is 11.8. The number of hydrogen-bond donors (Lipinski definition) is 0. The lowest BCUT2D eigenvalue weighted by atomic mass is 9.92. The highest BCUT2D eigenvalue weighted by atomic mass is 32.2. The fraction of sp³-hybridized carbons (Fsp3) is 0.100. The lowest BCUT2D eigenvalue weighted by molar-refractivity contribution is 0.398. The van der Waals surface area contributed by atoms with Crippen molar-refractivity contribution in [3.63, 3.8) is 0 Å². The maximum Gasteiger partial charge on any atom is 0.425 e. The molecule has 0 heterocycles. The van der Waals surface area contributed by atoms with Crippen LogP contribution in [-0.2, 0) is 41.2 Å². The molecule has 11 heteroatoms. The Balaban J connectivity index is 0.00000120. The van der Waals surface area contributed by atoms with E-state index in [0.29, 0.717) is 23.1 Å². The molecular weight excluding hydrogens is 705 g/mol. The van der Waals surface area contributed by atoms with Crippen molar-refractivity contribution in [1.82, 2.24) is 0 Å². The van der Waals surface area contributed by atoms with Crippen molar-refractivity contribution < 1.29 is 33.6 Å². The van der Waals surface area contributed by atoms with Crippen LogP contribution in [0.5, 0.6) is 0 Å². The van der Waals surface area contributed by atoms with E-state index in [-0.39, 0.29) is 14.7 Å². The highest BCUT2D eigenvalue weighted by Crippen LogP contribution is 2.38. The van der Waals surface area contributed by atoms with E-state index in [9.17, 15) is 16.8 Å². The highest BCUT2D eigenvalue weighted by molar-refractivity contribution is 7.91. The van der Waals surface area contributed by atoms with Gasteiger partial charge in [-0.05, 0) is 83.5 Å². The lowest BCUT2D eigenvalue weighted by Gasteiger charge is -2.17. The largest absolute Gasteiger partial charge is 0.425 e. The first kappa shape index (κ1) is 37.1. The molecular formula is C40H34O8S3. The molecule has 6 rings (SSSR count). The number of rotatable bonds is 9. The van der Waals surface area contributed by atoms with Gasteiger partial charge in [-0.25, -0.2) is 8.42 Å². The van der Waals surface area contributed by atoms with Gasteiger partial charge < -0.3 is 0 Å². The molecule has 0 aromatic heterocycles. The number of sulfone groups is 1. The van der Waals surface area contributed by atoms with E-state index in [1.165, 1.54) is 0 Å². The fourth-order valence-electron chi connectivity index (χ4n) is 5.83. The summed E-state index contributed by atoms with van der Waals surface area (Å²) in [6, 6.07) is 43.0. The first-order valence-corrected chi connectivity index (χ1v) is 19.6. The molecule has 0 N–H and O–H groups in total. The van der Waals surface area contributed by atoms with Gasteiger partial charge in [0.1, 0.15) is 4.90 Å². The van der Waals surface area contributed by atoms with E-state index in [1.807, 2.05) is 86.6 Å². The van der Waals surface area contributed by atoms with Crippen molar-refractivity contribution in [2.24, 2.45) is 0 Å². The van der Waals surface area contributed by atoms with E-state index in [1.54, 1.807) is 48.5 Å². The van der Waals surface area contributed by atoms with Crippen molar-refractivity contribution in [3.8, 4) is 33.4 Å². The molecule has 0 fully saturated rings. The summed E-state index contributed by atoms with van der Waals surface area (Å²) in [5.74, 6) is 0. The van der Waals surface area contributed by atoms with Gasteiger partial charge in [-0.2, -0.15) is 8.42 Å². The van der Waals surface area contributed by atoms with Crippen LogP contribution in [0, 0.1) is 13.8 Å². The Labute approximate surface area is 300 Å². The Morgan fingerprint density at radius 2 is 1.04 bits per heavy atom. The van der Waals surface area contributed by atoms with Crippen molar-refractivity contribution in [2.75, 3.05) is 7.11 Å².